The summed E-state index contributed by atoms with van der Waals surface area (Å²) in [6.45, 7) is 1.22. The van der Waals surface area contributed by atoms with Crippen LogP contribution in [0.5, 0.6) is 5.88 Å². The summed E-state index contributed by atoms with van der Waals surface area (Å²) in [4.78, 5) is 16.1. The molecule has 0 bridgehead atoms. The first-order valence-corrected chi connectivity index (χ1v) is 3.04. The number of aromatic amines is 1. The van der Waals surface area contributed by atoms with E-state index in [1.54, 1.807) is 0 Å². The van der Waals surface area contributed by atoms with E-state index >= 15 is 0 Å². The number of H-pyrrole nitrogens is 1. The Bertz CT molecular complexity index is 308. The van der Waals surface area contributed by atoms with Gasteiger partial charge in [0.05, 0.1) is 6.07 Å². The lowest BCUT2D eigenvalue weighted by Crippen LogP contribution is -2.09. The molecule has 1 rings (SSSR count). The Morgan fingerprint density at radius 1 is 1.82 bits per heavy atom. The minimum atomic E-state index is -1.38. The Balaban J connectivity index is 3.19. The third kappa shape index (κ3) is 1.76. The van der Waals surface area contributed by atoms with Gasteiger partial charge in [0.1, 0.15) is 5.82 Å². The predicted octanol–water partition coefficient (Wildman–Crippen LogP) is 0.506. The molecule has 0 amide bonds. The third-order valence-electron chi connectivity index (χ3n) is 1.12. The molecule has 5 heteroatoms. The van der Waals surface area contributed by atoms with Crippen LogP contribution in [0.15, 0.2) is 10.9 Å². The number of aromatic nitrogens is 2. The lowest BCUT2D eigenvalue weighted by Gasteiger charge is -1.99. The average Bonchev–Trinajstić information content (AvgIpc) is 1.85. The van der Waals surface area contributed by atoms with Crippen molar-refractivity contribution in [3.8, 4) is 5.88 Å². The van der Waals surface area contributed by atoms with Crippen LogP contribution in [0.1, 0.15) is 18.9 Å². The van der Waals surface area contributed by atoms with Crippen molar-refractivity contribution >= 4 is 0 Å². The first-order chi connectivity index (χ1) is 5.09. The summed E-state index contributed by atoms with van der Waals surface area (Å²) < 4.78 is 12.4. The second kappa shape index (κ2) is 2.69. The third-order valence-corrected chi connectivity index (χ3v) is 1.12. The van der Waals surface area contributed by atoms with E-state index < -0.39 is 17.6 Å². The van der Waals surface area contributed by atoms with E-state index in [4.69, 9.17) is 5.11 Å². The number of nitrogens with one attached hydrogen (secondary N) is 1. The van der Waals surface area contributed by atoms with Crippen molar-refractivity contribution in [3.05, 3.63) is 22.2 Å². The van der Waals surface area contributed by atoms with Gasteiger partial charge in [0.2, 0.25) is 5.88 Å². The Labute approximate surface area is 61.7 Å². The van der Waals surface area contributed by atoms with Crippen LogP contribution in [0.4, 0.5) is 4.39 Å². The Morgan fingerprint density at radius 2 is 2.45 bits per heavy atom. The van der Waals surface area contributed by atoms with Crippen molar-refractivity contribution in [1.82, 2.24) is 9.97 Å². The van der Waals surface area contributed by atoms with E-state index in [2.05, 4.69) is 9.97 Å². The van der Waals surface area contributed by atoms with Crippen molar-refractivity contribution in [3.63, 3.8) is 0 Å². The molecule has 11 heavy (non-hydrogen) atoms. The standard InChI is InChI=1S/C6H7FN2O2/c1-3(7)6-8-4(10)2-5(11)9-6/h2-3H,1H3,(H2,8,9,10,11). The number of alkyl halides is 1. The summed E-state index contributed by atoms with van der Waals surface area (Å²) in [5.74, 6) is -0.622. The van der Waals surface area contributed by atoms with Crippen LogP contribution >= 0.6 is 0 Å². The highest BCUT2D eigenvalue weighted by Crippen LogP contribution is 2.10. The molecule has 1 atom stereocenters. The van der Waals surface area contributed by atoms with Crippen LogP contribution in [0.2, 0.25) is 0 Å². The van der Waals surface area contributed by atoms with E-state index in [0.29, 0.717) is 0 Å². The largest absolute Gasteiger partial charge is 0.493 e. The number of hydrogen-bond donors (Lipinski definition) is 2. The van der Waals surface area contributed by atoms with Crippen molar-refractivity contribution in [2.75, 3.05) is 0 Å². The van der Waals surface area contributed by atoms with Gasteiger partial charge in [0.15, 0.2) is 6.17 Å². The quantitative estimate of drug-likeness (QED) is 0.625. The van der Waals surface area contributed by atoms with E-state index in [1.165, 1.54) is 6.92 Å². The van der Waals surface area contributed by atoms with Gasteiger partial charge in [-0.25, -0.2) is 4.39 Å². The summed E-state index contributed by atoms with van der Waals surface area (Å²) in [7, 11) is 0. The lowest BCUT2D eigenvalue weighted by molar-refractivity contribution is 0.347. The number of halogens is 1. The minimum absolute atomic E-state index is 0.157. The molecule has 60 valence electrons. The van der Waals surface area contributed by atoms with Gasteiger partial charge in [-0.05, 0) is 6.92 Å². The molecule has 0 fully saturated rings. The molecule has 0 aliphatic heterocycles. The van der Waals surface area contributed by atoms with Crippen molar-refractivity contribution < 1.29 is 9.50 Å². The molecule has 0 spiro atoms. The van der Waals surface area contributed by atoms with Gasteiger partial charge < -0.3 is 10.1 Å². The number of aromatic hydroxyl groups is 1. The maximum Gasteiger partial charge on any atom is 0.254 e. The summed E-state index contributed by atoms with van der Waals surface area (Å²) in [5, 5.41) is 8.75. The van der Waals surface area contributed by atoms with Gasteiger partial charge in [0, 0.05) is 0 Å². The van der Waals surface area contributed by atoms with E-state index in [9.17, 15) is 9.18 Å². The molecular formula is C6H7FN2O2. The predicted molar refractivity (Wildman–Crippen MR) is 36.0 cm³/mol. The second-order valence-corrected chi connectivity index (χ2v) is 2.10. The smallest absolute Gasteiger partial charge is 0.254 e. The SMILES string of the molecule is CC(F)c1nc(O)cc(=O)[nH]1. The summed E-state index contributed by atoms with van der Waals surface area (Å²) in [6.07, 6.45) is -1.38. The molecule has 4 nitrogen and oxygen atoms in total. The van der Waals surface area contributed by atoms with Gasteiger partial charge in [-0.15, -0.1) is 0 Å². The summed E-state index contributed by atoms with van der Waals surface area (Å²) in [5.41, 5.74) is -0.558. The molecule has 1 aromatic heterocycles. The Morgan fingerprint density at radius 3 is 2.91 bits per heavy atom. The molecule has 0 saturated carbocycles. The number of rotatable bonds is 1. The highest BCUT2D eigenvalue weighted by molar-refractivity contribution is 5.07. The van der Waals surface area contributed by atoms with E-state index in [0.717, 1.165) is 6.07 Å². The van der Waals surface area contributed by atoms with Crippen LogP contribution in [0.3, 0.4) is 0 Å². The van der Waals surface area contributed by atoms with Gasteiger partial charge in [0.25, 0.3) is 5.56 Å². The molecule has 0 aromatic carbocycles. The first-order valence-electron chi connectivity index (χ1n) is 3.04. The fraction of sp³-hybridized carbons (Fsp3) is 0.333. The van der Waals surface area contributed by atoms with Crippen molar-refractivity contribution in [1.29, 1.82) is 0 Å². The molecule has 0 aliphatic rings. The van der Waals surface area contributed by atoms with Gasteiger partial charge in [-0.3, -0.25) is 4.79 Å². The zero-order chi connectivity index (χ0) is 8.43. The molecule has 1 aromatic rings. The fourth-order valence-electron chi connectivity index (χ4n) is 0.652. The van der Waals surface area contributed by atoms with Crippen LogP contribution in [0.25, 0.3) is 0 Å². The maximum absolute atomic E-state index is 12.4. The summed E-state index contributed by atoms with van der Waals surface area (Å²) in [6, 6.07) is 0.881. The average molecular weight is 158 g/mol. The molecule has 1 unspecified atom stereocenters. The van der Waals surface area contributed by atoms with E-state index in [-0.39, 0.29) is 5.82 Å². The van der Waals surface area contributed by atoms with E-state index in [1.807, 2.05) is 0 Å². The molecule has 2 N–H and O–H groups in total. The highest BCUT2D eigenvalue weighted by atomic mass is 19.1. The lowest BCUT2D eigenvalue weighted by atomic mass is 10.4. The van der Waals surface area contributed by atoms with Crippen LogP contribution in [0, 0.1) is 0 Å². The zero-order valence-electron chi connectivity index (χ0n) is 5.84. The molecule has 1 heterocycles. The van der Waals surface area contributed by atoms with Crippen LogP contribution in [-0.4, -0.2) is 15.1 Å². The van der Waals surface area contributed by atoms with Crippen LogP contribution in [-0.2, 0) is 0 Å². The van der Waals surface area contributed by atoms with Gasteiger partial charge in [-0.1, -0.05) is 0 Å². The Kier molecular flexibility index (Phi) is 1.89. The number of nitrogens with zero attached hydrogens (tertiary/aromatic N) is 1. The first kappa shape index (κ1) is 7.71. The molecular weight excluding hydrogens is 151 g/mol. The highest BCUT2D eigenvalue weighted by Gasteiger charge is 2.06. The van der Waals surface area contributed by atoms with Gasteiger partial charge >= 0.3 is 0 Å². The fourth-order valence-corrected chi connectivity index (χ4v) is 0.652. The zero-order valence-corrected chi connectivity index (χ0v) is 5.84. The molecule has 0 aliphatic carbocycles. The topological polar surface area (TPSA) is 66.0 Å². The second-order valence-electron chi connectivity index (χ2n) is 2.10. The normalized spacial score (nSPS) is 12.9. The summed E-state index contributed by atoms with van der Waals surface area (Å²) >= 11 is 0. The maximum atomic E-state index is 12.4. The Hall–Kier alpha value is -1.39. The van der Waals surface area contributed by atoms with Crippen LogP contribution < -0.4 is 5.56 Å². The monoisotopic (exact) mass is 158 g/mol. The van der Waals surface area contributed by atoms with Crippen molar-refractivity contribution in [2.24, 2.45) is 0 Å². The minimum Gasteiger partial charge on any atom is -0.493 e. The molecule has 0 saturated heterocycles. The number of hydrogen-bond acceptors (Lipinski definition) is 3. The van der Waals surface area contributed by atoms with Crippen molar-refractivity contribution in [2.45, 2.75) is 13.1 Å². The molecule has 0 radical (unpaired) electrons. The van der Waals surface area contributed by atoms with Gasteiger partial charge in [-0.2, -0.15) is 4.98 Å².